The molecule has 3 rings (SSSR count). The quantitative estimate of drug-likeness (QED) is 0.787. The van der Waals surface area contributed by atoms with Crippen LogP contribution in [-0.4, -0.2) is 27.9 Å². The molecule has 1 atom stereocenters. The lowest BCUT2D eigenvalue weighted by atomic mass is 9.87. The fourth-order valence-electron chi connectivity index (χ4n) is 3.08. The predicted octanol–water partition coefficient (Wildman–Crippen LogP) is 3.40. The molecular formula is C19H17ClN2O4. The van der Waals surface area contributed by atoms with Crippen LogP contribution in [0.2, 0.25) is 5.02 Å². The highest BCUT2D eigenvalue weighted by Gasteiger charge is 2.51. The molecule has 1 aliphatic rings. The maximum Gasteiger partial charge on any atom is 0.335 e. The molecule has 0 bridgehead atoms. The van der Waals surface area contributed by atoms with Gasteiger partial charge in [-0.2, -0.15) is 0 Å². The zero-order chi connectivity index (χ0) is 18.9. The number of carboxylic acid groups (broad SMARTS) is 1. The van der Waals surface area contributed by atoms with Gasteiger partial charge in [0.25, 0.3) is 5.91 Å². The van der Waals surface area contributed by atoms with Crippen LogP contribution in [-0.2, 0) is 16.9 Å². The molecular weight excluding hydrogens is 356 g/mol. The van der Waals surface area contributed by atoms with E-state index in [1.807, 2.05) is 6.92 Å². The molecule has 1 unspecified atom stereocenters. The molecule has 1 fully saturated rings. The summed E-state index contributed by atoms with van der Waals surface area (Å²) in [6.07, 6.45) is 0.396. The van der Waals surface area contributed by atoms with E-state index < -0.39 is 17.5 Å². The van der Waals surface area contributed by atoms with Gasteiger partial charge in [-0.25, -0.2) is 9.59 Å². The molecule has 6 nitrogen and oxygen atoms in total. The fraction of sp³-hybridized carbons (Fsp3) is 0.211. The molecule has 2 aromatic carbocycles. The lowest BCUT2D eigenvalue weighted by Crippen LogP contribution is -2.43. The van der Waals surface area contributed by atoms with Crippen LogP contribution in [0.15, 0.2) is 48.5 Å². The molecule has 7 heteroatoms. The molecule has 0 aliphatic carbocycles. The molecule has 0 aromatic heterocycles. The lowest BCUT2D eigenvalue weighted by molar-refractivity contribution is -0.132. The first-order valence-corrected chi connectivity index (χ1v) is 8.47. The third-order valence-corrected chi connectivity index (χ3v) is 4.84. The highest BCUT2D eigenvalue weighted by molar-refractivity contribution is 6.30. The zero-order valence-corrected chi connectivity index (χ0v) is 14.8. The Morgan fingerprint density at radius 2 is 1.73 bits per heavy atom. The Kier molecular flexibility index (Phi) is 4.70. The third-order valence-electron chi connectivity index (χ3n) is 4.58. The summed E-state index contributed by atoms with van der Waals surface area (Å²) in [6, 6.07) is 12.4. The number of hydrogen-bond acceptors (Lipinski definition) is 3. The number of halogens is 1. The van der Waals surface area contributed by atoms with Crippen molar-refractivity contribution in [3.05, 3.63) is 70.2 Å². The summed E-state index contributed by atoms with van der Waals surface area (Å²) in [5, 5.41) is 12.3. The van der Waals surface area contributed by atoms with Crippen molar-refractivity contribution in [2.45, 2.75) is 25.4 Å². The first-order chi connectivity index (χ1) is 12.4. The maximum atomic E-state index is 13.0. The van der Waals surface area contributed by atoms with Crippen molar-refractivity contribution < 1.29 is 19.5 Å². The predicted molar refractivity (Wildman–Crippen MR) is 95.9 cm³/mol. The molecule has 2 N–H and O–H groups in total. The minimum absolute atomic E-state index is 0.0694. The van der Waals surface area contributed by atoms with Crippen molar-refractivity contribution in [1.29, 1.82) is 0 Å². The maximum absolute atomic E-state index is 13.0. The van der Waals surface area contributed by atoms with E-state index in [4.69, 9.17) is 16.7 Å². The highest BCUT2D eigenvalue weighted by Crippen LogP contribution is 2.33. The van der Waals surface area contributed by atoms with Crippen LogP contribution < -0.4 is 5.32 Å². The first-order valence-electron chi connectivity index (χ1n) is 8.10. The SMILES string of the molecule is CCC1(c2ccc(Cl)cc2)NC(=O)N(Cc2ccc(C(=O)O)cc2)C1=O. The number of imide groups is 1. The number of urea groups is 1. The van der Waals surface area contributed by atoms with Gasteiger partial charge in [0, 0.05) is 5.02 Å². The molecule has 0 radical (unpaired) electrons. The van der Waals surface area contributed by atoms with Gasteiger partial charge in [0.1, 0.15) is 5.54 Å². The van der Waals surface area contributed by atoms with Crippen LogP contribution in [0.1, 0.15) is 34.8 Å². The summed E-state index contributed by atoms with van der Waals surface area (Å²) in [4.78, 5) is 37.6. The van der Waals surface area contributed by atoms with Crippen LogP contribution in [0.5, 0.6) is 0 Å². The highest BCUT2D eigenvalue weighted by atomic mass is 35.5. The van der Waals surface area contributed by atoms with E-state index in [-0.39, 0.29) is 18.0 Å². The van der Waals surface area contributed by atoms with Crippen LogP contribution >= 0.6 is 11.6 Å². The van der Waals surface area contributed by atoms with E-state index in [1.54, 1.807) is 36.4 Å². The lowest BCUT2D eigenvalue weighted by Gasteiger charge is -2.26. The number of carbonyl (C=O) groups excluding carboxylic acids is 2. The molecule has 2 aromatic rings. The molecule has 0 spiro atoms. The van der Waals surface area contributed by atoms with Gasteiger partial charge in [0.15, 0.2) is 0 Å². The average molecular weight is 373 g/mol. The largest absolute Gasteiger partial charge is 0.478 e. The van der Waals surface area contributed by atoms with E-state index in [0.29, 0.717) is 22.6 Å². The monoisotopic (exact) mass is 372 g/mol. The van der Waals surface area contributed by atoms with Crippen molar-refractivity contribution in [3.63, 3.8) is 0 Å². The first kappa shape index (κ1) is 17.9. The van der Waals surface area contributed by atoms with Gasteiger partial charge >= 0.3 is 12.0 Å². The molecule has 1 heterocycles. The van der Waals surface area contributed by atoms with E-state index in [1.165, 1.54) is 12.1 Å². The Bertz CT molecular complexity index is 864. The van der Waals surface area contributed by atoms with Crippen LogP contribution in [0.4, 0.5) is 4.79 Å². The Morgan fingerprint density at radius 1 is 1.12 bits per heavy atom. The van der Waals surface area contributed by atoms with E-state index in [0.717, 1.165) is 4.90 Å². The Hall–Kier alpha value is -2.86. The van der Waals surface area contributed by atoms with E-state index >= 15 is 0 Å². The van der Waals surface area contributed by atoms with Crippen molar-refractivity contribution in [1.82, 2.24) is 10.2 Å². The van der Waals surface area contributed by atoms with Crippen LogP contribution in [0, 0.1) is 0 Å². The molecule has 26 heavy (non-hydrogen) atoms. The van der Waals surface area contributed by atoms with Gasteiger partial charge in [0.2, 0.25) is 0 Å². The number of hydrogen-bond donors (Lipinski definition) is 2. The van der Waals surface area contributed by atoms with E-state index in [2.05, 4.69) is 5.32 Å². The minimum Gasteiger partial charge on any atom is -0.478 e. The number of nitrogens with zero attached hydrogens (tertiary/aromatic N) is 1. The second-order valence-electron chi connectivity index (χ2n) is 6.09. The van der Waals surface area contributed by atoms with Gasteiger partial charge < -0.3 is 10.4 Å². The fourth-order valence-corrected chi connectivity index (χ4v) is 3.20. The second-order valence-corrected chi connectivity index (χ2v) is 6.53. The smallest absolute Gasteiger partial charge is 0.335 e. The van der Waals surface area contributed by atoms with Gasteiger partial charge in [-0.1, -0.05) is 42.8 Å². The number of aromatic carboxylic acids is 1. The van der Waals surface area contributed by atoms with Crippen molar-refractivity contribution in [2.75, 3.05) is 0 Å². The van der Waals surface area contributed by atoms with E-state index in [9.17, 15) is 14.4 Å². The molecule has 1 aliphatic heterocycles. The number of rotatable bonds is 5. The van der Waals surface area contributed by atoms with Crippen molar-refractivity contribution >= 4 is 29.5 Å². The number of nitrogens with one attached hydrogen (secondary N) is 1. The standard InChI is InChI=1S/C19H17ClN2O4/c1-2-19(14-7-9-15(20)10-8-14)17(25)22(18(26)21-19)11-12-3-5-13(6-4-12)16(23)24/h3-10H,2,11H2,1H3,(H,21,26)(H,23,24). The molecule has 3 amide bonds. The summed E-state index contributed by atoms with van der Waals surface area (Å²) < 4.78 is 0. The van der Waals surface area contributed by atoms with Crippen molar-refractivity contribution in [2.24, 2.45) is 0 Å². The van der Waals surface area contributed by atoms with Gasteiger partial charge in [-0.3, -0.25) is 9.69 Å². The minimum atomic E-state index is -1.12. The Morgan fingerprint density at radius 3 is 2.27 bits per heavy atom. The van der Waals surface area contributed by atoms with Crippen molar-refractivity contribution in [3.8, 4) is 0 Å². The van der Waals surface area contributed by atoms with Gasteiger partial charge in [-0.05, 0) is 41.8 Å². The summed E-state index contributed by atoms with van der Waals surface area (Å²) in [6.45, 7) is 1.90. The van der Waals surface area contributed by atoms with Crippen LogP contribution in [0.3, 0.4) is 0 Å². The second kappa shape index (κ2) is 6.80. The number of carbonyl (C=O) groups is 3. The number of amides is 3. The molecule has 134 valence electrons. The Labute approximate surface area is 155 Å². The average Bonchev–Trinajstić information content (AvgIpc) is 2.88. The normalized spacial score (nSPS) is 19.5. The summed E-state index contributed by atoms with van der Waals surface area (Å²) in [5.74, 6) is -1.37. The number of benzene rings is 2. The Balaban J connectivity index is 1.88. The topological polar surface area (TPSA) is 86.7 Å². The van der Waals surface area contributed by atoms with Gasteiger partial charge in [-0.15, -0.1) is 0 Å². The molecule has 1 saturated heterocycles. The van der Waals surface area contributed by atoms with Crippen LogP contribution in [0.25, 0.3) is 0 Å². The summed E-state index contributed by atoms with van der Waals surface area (Å²) in [5.41, 5.74) is 0.367. The molecule has 0 saturated carbocycles. The van der Waals surface area contributed by atoms with Gasteiger partial charge in [0.05, 0.1) is 12.1 Å². The zero-order valence-electron chi connectivity index (χ0n) is 14.0. The summed E-state index contributed by atoms with van der Waals surface area (Å²) >= 11 is 5.92. The summed E-state index contributed by atoms with van der Waals surface area (Å²) in [7, 11) is 0. The third kappa shape index (κ3) is 3.04. The number of carboxylic acids is 1.